The molecule has 0 aliphatic heterocycles. The first-order valence-corrected chi connectivity index (χ1v) is 11.1. The highest BCUT2D eigenvalue weighted by atomic mass is 16.5. The summed E-state index contributed by atoms with van der Waals surface area (Å²) in [6.45, 7) is 8.15. The van der Waals surface area contributed by atoms with Gasteiger partial charge in [0.05, 0.1) is 39.6 Å². The molecule has 0 spiro atoms. The van der Waals surface area contributed by atoms with Gasteiger partial charge in [-0.1, -0.05) is 20.8 Å². The molecule has 0 fully saturated rings. The molecule has 0 aliphatic rings. The van der Waals surface area contributed by atoms with Crippen molar-refractivity contribution in [3.63, 3.8) is 0 Å². The molecule has 184 valence electrons. The van der Waals surface area contributed by atoms with E-state index in [1.165, 1.54) is 21.3 Å². The van der Waals surface area contributed by atoms with Gasteiger partial charge in [0.25, 0.3) is 0 Å². The number of hydrogen-bond acceptors (Lipinski definition) is 7. The summed E-state index contributed by atoms with van der Waals surface area (Å²) in [4.78, 5) is 25.7. The summed E-state index contributed by atoms with van der Waals surface area (Å²) in [6, 6.07) is 6.94. The first kappa shape index (κ1) is 24.2. The number of hydrogen-bond donors (Lipinski definition) is 1. The van der Waals surface area contributed by atoms with Crippen LogP contribution < -0.4 is 25.2 Å². The second kappa shape index (κ2) is 9.02. The molecule has 4 aromatic rings. The average Bonchev–Trinajstić information content (AvgIpc) is 3.23. The number of nitrogens with one attached hydrogen (secondary N) is 1. The highest BCUT2D eigenvalue weighted by molar-refractivity contribution is 5.98. The van der Waals surface area contributed by atoms with Gasteiger partial charge in [-0.25, -0.2) is 4.79 Å². The zero-order valence-corrected chi connectivity index (χ0v) is 21.0. The fourth-order valence-corrected chi connectivity index (χ4v) is 4.21. The van der Waals surface area contributed by atoms with Gasteiger partial charge in [-0.05, 0) is 24.0 Å². The predicted molar refractivity (Wildman–Crippen MR) is 134 cm³/mol. The van der Waals surface area contributed by atoms with Gasteiger partial charge in [-0.3, -0.25) is 4.79 Å². The number of ether oxygens (including phenoxy) is 3. The van der Waals surface area contributed by atoms with Crippen LogP contribution >= 0.6 is 0 Å². The van der Waals surface area contributed by atoms with Crippen LogP contribution in [0, 0.1) is 6.92 Å². The lowest BCUT2D eigenvalue weighted by molar-refractivity contribution is -0.115. The van der Waals surface area contributed by atoms with Gasteiger partial charge in [-0.2, -0.15) is 0 Å². The molecule has 2 heterocycles. The number of furan rings is 1. The van der Waals surface area contributed by atoms with Gasteiger partial charge >= 0.3 is 5.63 Å². The van der Waals surface area contributed by atoms with E-state index in [1.54, 1.807) is 24.5 Å². The Morgan fingerprint density at radius 2 is 1.60 bits per heavy atom. The number of carbonyl (C=O) groups is 1. The number of anilines is 1. The SMILES string of the molecule is COc1cc(NC(=O)Cc2c(C)c3cc4c(C(C)(C)C)coc4cc3oc2=O)cc(OC)c1OC. The number of aryl methyl sites for hydroxylation is 1. The van der Waals surface area contributed by atoms with Crippen LogP contribution in [0.2, 0.25) is 0 Å². The second-order valence-electron chi connectivity index (χ2n) is 9.38. The van der Waals surface area contributed by atoms with Crippen molar-refractivity contribution in [1.29, 1.82) is 0 Å². The lowest BCUT2D eigenvalue weighted by Gasteiger charge is -2.16. The molecule has 1 amide bonds. The zero-order valence-electron chi connectivity index (χ0n) is 21.0. The summed E-state index contributed by atoms with van der Waals surface area (Å²) in [7, 11) is 4.49. The molecule has 2 aromatic heterocycles. The Morgan fingerprint density at radius 1 is 0.943 bits per heavy atom. The van der Waals surface area contributed by atoms with E-state index in [-0.39, 0.29) is 17.7 Å². The highest BCUT2D eigenvalue weighted by Crippen LogP contribution is 2.40. The summed E-state index contributed by atoms with van der Waals surface area (Å²) in [5, 5.41) is 4.52. The van der Waals surface area contributed by atoms with E-state index in [4.69, 9.17) is 23.0 Å². The summed E-state index contributed by atoms with van der Waals surface area (Å²) >= 11 is 0. The van der Waals surface area contributed by atoms with E-state index in [0.29, 0.717) is 45.2 Å². The first-order valence-electron chi connectivity index (χ1n) is 11.1. The van der Waals surface area contributed by atoms with Crippen molar-refractivity contribution >= 4 is 33.5 Å². The minimum atomic E-state index is -0.558. The molecule has 0 radical (unpaired) electrons. The lowest BCUT2D eigenvalue weighted by atomic mass is 9.86. The summed E-state index contributed by atoms with van der Waals surface area (Å²) in [6.07, 6.45) is 1.58. The molecule has 0 aliphatic carbocycles. The molecule has 0 atom stereocenters. The molecule has 8 heteroatoms. The number of methoxy groups -OCH3 is 3. The third-order valence-electron chi connectivity index (χ3n) is 6.08. The molecule has 2 aromatic carbocycles. The van der Waals surface area contributed by atoms with Gasteiger partial charge in [0, 0.05) is 40.2 Å². The lowest BCUT2D eigenvalue weighted by Crippen LogP contribution is -2.20. The van der Waals surface area contributed by atoms with Crippen molar-refractivity contribution in [3.05, 3.63) is 57.6 Å². The number of fused-ring (bicyclic) bond motifs is 2. The third kappa shape index (κ3) is 4.43. The molecule has 35 heavy (non-hydrogen) atoms. The van der Waals surface area contributed by atoms with Crippen molar-refractivity contribution in [2.75, 3.05) is 26.6 Å². The van der Waals surface area contributed by atoms with E-state index in [1.807, 2.05) is 13.0 Å². The monoisotopic (exact) mass is 479 g/mol. The zero-order chi connectivity index (χ0) is 25.5. The molecular weight excluding hydrogens is 450 g/mol. The fraction of sp³-hybridized carbons (Fsp3) is 0.333. The Labute approximate surface area is 202 Å². The van der Waals surface area contributed by atoms with Crippen LogP contribution in [-0.4, -0.2) is 27.2 Å². The topological polar surface area (TPSA) is 100 Å². The van der Waals surface area contributed by atoms with Gasteiger partial charge in [0.1, 0.15) is 11.2 Å². The maximum Gasteiger partial charge on any atom is 0.340 e. The Balaban J connectivity index is 1.70. The molecule has 4 rings (SSSR count). The Kier molecular flexibility index (Phi) is 6.23. The molecule has 0 saturated carbocycles. The smallest absolute Gasteiger partial charge is 0.340 e. The normalized spacial score (nSPS) is 11.6. The Morgan fingerprint density at radius 3 is 2.17 bits per heavy atom. The van der Waals surface area contributed by atoms with Crippen LogP contribution in [0.4, 0.5) is 5.69 Å². The van der Waals surface area contributed by atoms with Crippen molar-refractivity contribution in [3.8, 4) is 17.2 Å². The van der Waals surface area contributed by atoms with Gasteiger partial charge < -0.3 is 28.4 Å². The minimum Gasteiger partial charge on any atom is -0.493 e. The van der Waals surface area contributed by atoms with E-state index in [0.717, 1.165) is 16.3 Å². The van der Waals surface area contributed by atoms with Gasteiger partial charge in [0.15, 0.2) is 11.5 Å². The number of rotatable bonds is 6. The van der Waals surface area contributed by atoms with Gasteiger partial charge in [0.2, 0.25) is 11.7 Å². The van der Waals surface area contributed by atoms with Crippen LogP contribution in [0.15, 0.2) is 44.2 Å². The summed E-state index contributed by atoms with van der Waals surface area (Å²) < 4.78 is 27.3. The minimum absolute atomic E-state index is 0.119. The predicted octanol–water partition coefficient (Wildman–Crippen LogP) is 5.35. The Bertz CT molecular complexity index is 1460. The maximum absolute atomic E-state index is 12.9. The quantitative estimate of drug-likeness (QED) is 0.372. The molecule has 0 saturated heterocycles. The Hall–Kier alpha value is -3.94. The summed E-state index contributed by atoms with van der Waals surface area (Å²) in [5.41, 5.74) is 2.88. The third-order valence-corrected chi connectivity index (χ3v) is 6.08. The van der Waals surface area contributed by atoms with Crippen molar-refractivity contribution in [2.24, 2.45) is 0 Å². The number of benzene rings is 2. The molecular formula is C27H29NO7. The first-order chi connectivity index (χ1) is 16.6. The van der Waals surface area contributed by atoms with Crippen molar-refractivity contribution in [2.45, 2.75) is 39.5 Å². The summed E-state index contributed by atoms with van der Waals surface area (Å²) in [5.74, 6) is 0.845. The van der Waals surface area contributed by atoms with Crippen LogP contribution in [0.3, 0.4) is 0 Å². The fourth-order valence-electron chi connectivity index (χ4n) is 4.21. The molecule has 8 nitrogen and oxygen atoms in total. The average molecular weight is 480 g/mol. The van der Waals surface area contributed by atoms with E-state index >= 15 is 0 Å². The maximum atomic E-state index is 12.9. The van der Waals surface area contributed by atoms with E-state index < -0.39 is 5.63 Å². The number of carbonyl (C=O) groups excluding carboxylic acids is 1. The molecule has 0 unspecified atom stereocenters. The van der Waals surface area contributed by atoms with Crippen LogP contribution in [0.25, 0.3) is 21.9 Å². The van der Waals surface area contributed by atoms with Crippen LogP contribution in [0.5, 0.6) is 17.2 Å². The van der Waals surface area contributed by atoms with Crippen molar-refractivity contribution in [1.82, 2.24) is 0 Å². The van der Waals surface area contributed by atoms with E-state index in [9.17, 15) is 9.59 Å². The second-order valence-corrected chi connectivity index (χ2v) is 9.38. The van der Waals surface area contributed by atoms with Gasteiger partial charge in [-0.15, -0.1) is 0 Å². The van der Waals surface area contributed by atoms with Crippen LogP contribution in [0.1, 0.15) is 37.5 Å². The van der Waals surface area contributed by atoms with E-state index in [2.05, 4.69) is 26.1 Å². The van der Waals surface area contributed by atoms with Crippen LogP contribution in [-0.2, 0) is 16.6 Å². The number of amides is 1. The molecule has 0 bridgehead atoms. The largest absolute Gasteiger partial charge is 0.493 e. The molecule has 1 N–H and O–H groups in total. The highest BCUT2D eigenvalue weighted by Gasteiger charge is 2.22. The standard InChI is InChI=1S/C27H29NO7/c1-14-16-10-18-19(27(2,3)4)13-34-20(18)12-21(16)35-26(30)17(14)11-24(29)28-15-8-22(31-5)25(33-7)23(9-15)32-6/h8-10,12-13H,11H2,1-7H3,(H,28,29). The van der Waals surface area contributed by atoms with Crippen molar-refractivity contribution < 1.29 is 27.8 Å².